The molecule has 0 saturated heterocycles. The predicted molar refractivity (Wildman–Crippen MR) is 92.1 cm³/mol. The van der Waals surface area contributed by atoms with E-state index in [1.807, 2.05) is 12.1 Å². The van der Waals surface area contributed by atoms with Crippen molar-refractivity contribution in [2.45, 2.75) is 24.3 Å². The third-order valence-corrected chi connectivity index (χ3v) is 4.78. The highest BCUT2D eigenvalue weighted by atomic mass is 32.2. The molecule has 1 atom stereocenters. The summed E-state index contributed by atoms with van der Waals surface area (Å²) >= 11 is 1.10. The van der Waals surface area contributed by atoms with Crippen LogP contribution in [0.4, 0.5) is 14.6 Å². The Kier molecular flexibility index (Phi) is 4.79. The first-order chi connectivity index (χ1) is 12.8. The van der Waals surface area contributed by atoms with Crippen LogP contribution >= 0.6 is 11.8 Å². The Hall–Kier alpha value is -3.08. The van der Waals surface area contributed by atoms with Crippen LogP contribution in [0.3, 0.4) is 0 Å². The largest absolute Gasteiger partial charge is 0.586 e. The number of pyridine rings is 1. The maximum atomic E-state index is 13.3. The molecule has 1 aromatic carbocycles. The zero-order chi connectivity index (χ0) is 19.8. The van der Waals surface area contributed by atoms with Crippen LogP contribution in [0.1, 0.15) is 18.1 Å². The summed E-state index contributed by atoms with van der Waals surface area (Å²) in [6.45, 7) is 1.57. The van der Waals surface area contributed by atoms with Crippen LogP contribution in [0, 0.1) is 22.7 Å². The van der Waals surface area contributed by atoms with Gasteiger partial charge >= 0.3 is 6.29 Å². The summed E-state index contributed by atoms with van der Waals surface area (Å²) in [5.41, 5.74) is 6.29. The fraction of sp³-hybridized carbons (Fsp3) is 0.235. The highest BCUT2D eigenvalue weighted by Crippen LogP contribution is 2.44. The Labute approximate surface area is 156 Å². The van der Waals surface area contributed by atoms with E-state index in [-0.39, 0.29) is 50.3 Å². The summed E-state index contributed by atoms with van der Waals surface area (Å²) in [6.07, 6.45) is -4.44. The minimum absolute atomic E-state index is 0.0528. The van der Waals surface area contributed by atoms with Gasteiger partial charge in [-0.15, -0.1) is 20.5 Å². The maximum Gasteiger partial charge on any atom is 0.586 e. The summed E-state index contributed by atoms with van der Waals surface area (Å²) in [5, 5.41) is 28.8. The first kappa shape index (κ1) is 18.7. The molecule has 3 rings (SSSR count). The standard InChI is InChI=1S/C17H12F2N4O3S/c1-8(24)7-27-16-11(6-21)14(10(5-20)15(22)23-16)9-2-3-12-13(4-9)26-17(18,19)25-12/h2-4,8,24H,7H2,1H3,(H2,22,23). The fourth-order valence-corrected chi connectivity index (χ4v) is 3.35. The Balaban J connectivity index is 2.18. The molecule has 7 nitrogen and oxygen atoms in total. The van der Waals surface area contributed by atoms with Crippen molar-refractivity contribution in [3.63, 3.8) is 0 Å². The van der Waals surface area contributed by atoms with Gasteiger partial charge in [-0.1, -0.05) is 6.07 Å². The molecule has 2 aromatic rings. The molecule has 10 heteroatoms. The van der Waals surface area contributed by atoms with E-state index in [0.29, 0.717) is 0 Å². The van der Waals surface area contributed by atoms with Crippen LogP contribution in [0.2, 0.25) is 0 Å². The lowest BCUT2D eigenvalue weighted by atomic mass is 9.96. The number of nitrogens with two attached hydrogens (primary N) is 1. The zero-order valence-corrected chi connectivity index (χ0v) is 14.7. The van der Waals surface area contributed by atoms with Crippen molar-refractivity contribution >= 4 is 17.6 Å². The molecule has 3 N–H and O–H groups in total. The number of thioether (sulfide) groups is 1. The third kappa shape index (κ3) is 3.58. The zero-order valence-electron chi connectivity index (χ0n) is 13.9. The van der Waals surface area contributed by atoms with Gasteiger partial charge in [0.15, 0.2) is 11.5 Å². The van der Waals surface area contributed by atoms with E-state index < -0.39 is 12.4 Å². The Morgan fingerprint density at radius 2 is 1.93 bits per heavy atom. The fourth-order valence-electron chi connectivity index (χ4n) is 2.50. The SMILES string of the molecule is CC(O)CSc1nc(N)c(C#N)c(-c2ccc3c(c2)OC(F)(F)O3)c1C#N. The van der Waals surface area contributed by atoms with Gasteiger partial charge < -0.3 is 20.3 Å². The quantitative estimate of drug-likeness (QED) is 0.764. The Morgan fingerprint density at radius 3 is 2.56 bits per heavy atom. The summed E-state index contributed by atoms with van der Waals surface area (Å²) < 4.78 is 35.3. The summed E-state index contributed by atoms with van der Waals surface area (Å²) in [4.78, 5) is 4.08. The van der Waals surface area contributed by atoms with Crippen LogP contribution in [0.5, 0.6) is 11.5 Å². The van der Waals surface area contributed by atoms with Gasteiger partial charge in [-0.25, -0.2) is 4.98 Å². The van der Waals surface area contributed by atoms with Crippen LogP contribution in [-0.2, 0) is 0 Å². The van der Waals surface area contributed by atoms with Crippen molar-refractivity contribution in [2.75, 3.05) is 11.5 Å². The minimum atomic E-state index is -3.79. The van der Waals surface area contributed by atoms with Gasteiger partial charge in [-0.2, -0.15) is 10.5 Å². The van der Waals surface area contributed by atoms with Crippen LogP contribution < -0.4 is 15.2 Å². The summed E-state index contributed by atoms with van der Waals surface area (Å²) in [6, 6.07) is 7.80. The van der Waals surface area contributed by atoms with Crippen molar-refractivity contribution in [1.29, 1.82) is 10.5 Å². The first-order valence-corrected chi connectivity index (χ1v) is 8.59. The van der Waals surface area contributed by atoms with Gasteiger partial charge in [-0.3, -0.25) is 0 Å². The van der Waals surface area contributed by atoms with Gasteiger partial charge in [0.25, 0.3) is 0 Å². The van der Waals surface area contributed by atoms with E-state index in [1.165, 1.54) is 18.2 Å². The number of benzene rings is 1. The van der Waals surface area contributed by atoms with Crippen LogP contribution in [0.25, 0.3) is 11.1 Å². The Bertz CT molecular complexity index is 999. The number of nitrogen functional groups attached to an aromatic ring is 1. The number of aliphatic hydroxyl groups excluding tert-OH is 1. The molecular weight excluding hydrogens is 378 g/mol. The molecule has 0 radical (unpaired) electrons. The molecule has 1 unspecified atom stereocenters. The molecule has 0 spiro atoms. The molecule has 0 saturated carbocycles. The number of nitrogens with zero attached hydrogens (tertiary/aromatic N) is 3. The van der Waals surface area contributed by atoms with E-state index in [1.54, 1.807) is 6.92 Å². The number of hydrogen-bond acceptors (Lipinski definition) is 8. The smallest absolute Gasteiger partial charge is 0.395 e. The normalized spacial score (nSPS) is 15.0. The van der Waals surface area contributed by atoms with Crippen molar-refractivity contribution in [3.05, 3.63) is 29.3 Å². The average molecular weight is 390 g/mol. The number of rotatable bonds is 4. The molecule has 1 aromatic heterocycles. The number of halogens is 2. The van der Waals surface area contributed by atoms with E-state index in [9.17, 15) is 24.4 Å². The lowest BCUT2D eigenvalue weighted by Gasteiger charge is -2.13. The highest BCUT2D eigenvalue weighted by Gasteiger charge is 2.43. The number of fused-ring (bicyclic) bond motifs is 1. The molecule has 0 aliphatic carbocycles. The monoisotopic (exact) mass is 390 g/mol. The second-order valence-electron chi connectivity index (χ2n) is 5.64. The van der Waals surface area contributed by atoms with Crippen LogP contribution in [-0.4, -0.2) is 28.2 Å². The molecule has 0 fully saturated rings. The molecule has 2 heterocycles. The van der Waals surface area contributed by atoms with Gasteiger partial charge in [-0.05, 0) is 24.6 Å². The molecule has 138 valence electrons. The molecule has 0 bridgehead atoms. The van der Waals surface area contributed by atoms with Crippen LogP contribution in [0.15, 0.2) is 23.2 Å². The summed E-state index contributed by atoms with van der Waals surface area (Å²) in [5.74, 6) is -0.243. The van der Waals surface area contributed by atoms with Crippen molar-refractivity contribution in [3.8, 4) is 34.8 Å². The van der Waals surface area contributed by atoms with Gasteiger partial charge in [0.1, 0.15) is 28.5 Å². The predicted octanol–water partition coefficient (Wildman–Crippen LogP) is 2.87. The topological polar surface area (TPSA) is 125 Å². The molecule has 1 aliphatic heterocycles. The number of anilines is 1. The van der Waals surface area contributed by atoms with Crippen molar-refractivity contribution < 1.29 is 23.4 Å². The average Bonchev–Trinajstić information content (AvgIpc) is 2.91. The van der Waals surface area contributed by atoms with Crippen molar-refractivity contribution in [2.24, 2.45) is 0 Å². The second kappa shape index (κ2) is 6.91. The van der Waals surface area contributed by atoms with Crippen molar-refractivity contribution in [1.82, 2.24) is 4.98 Å². The van der Waals surface area contributed by atoms with Gasteiger partial charge in [0, 0.05) is 11.3 Å². The number of hydrogen-bond donors (Lipinski definition) is 2. The van der Waals surface area contributed by atoms with E-state index in [0.717, 1.165) is 11.8 Å². The highest BCUT2D eigenvalue weighted by molar-refractivity contribution is 7.99. The van der Waals surface area contributed by atoms with E-state index >= 15 is 0 Å². The lowest BCUT2D eigenvalue weighted by Crippen LogP contribution is -2.25. The number of aliphatic hydroxyl groups is 1. The number of aromatic nitrogens is 1. The molecule has 1 aliphatic rings. The summed E-state index contributed by atoms with van der Waals surface area (Å²) in [7, 11) is 0. The second-order valence-corrected chi connectivity index (χ2v) is 6.65. The van der Waals surface area contributed by atoms with Gasteiger partial charge in [0.2, 0.25) is 0 Å². The molecule has 27 heavy (non-hydrogen) atoms. The van der Waals surface area contributed by atoms with E-state index in [2.05, 4.69) is 14.5 Å². The third-order valence-electron chi connectivity index (χ3n) is 3.57. The number of alkyl halides is 2. The number of nitriles is 2. The number of ether oxygens (including phenoxy) is 2. The van der Waals surface area contributed by atoms with Gasteiger partial charge in [0.05, 0.1) is 11.7 Å². The molecule has 0 amide bonds. The molecular formula is C17H12F2N4O3S. The first-order valence-electron chi connectivity index (χ1n) is 7.60. The lowest BCUT2D eigenvalue weighted by molar-refractivity contribution is -0.286. The van der Waals surface area contributed by atoms with E-state index in [4.69, 9.17) is 5.73 Å². The minimum Gasteiger partial charge on any atom is -0.395 e. The maximum absolute atomic E-state index is 13.3. The Morgan fingerprint density at radius 1 is 1.26 bits per heavy atom.